The standard InChI is InChI=1S/C23H21F4N5O5S2/c1-11-14(16-5-30-19(28)18(31-16)17-6-29-12(2)38-17)3-13(4-15(11)24)39(34,35)32-21-7-22(8-21,37-9-21)10-36-20(33)23(25,26)27/h3-6,32H,7-10H2,1-2H3,(H2,28,30). The van der Waals surface area contributed by atoms with Crippen LogP contribution in [0.5, 0.6) is 0 Å². The van der Waals surface area contributed by atoms with E-state index in [1.54, 1.807) is 13.1 Å². The summed E-state index contributed by atoms with van der Waals surface area (Å²) in [5, 5.41) is 0.770. The number of alkyl halides is 3. The molecule has 208 valence electrons. The van der Waals surface area contributed by atoms with Crippen molar-refractivity contribution in [2.45, 2.75) is 48.9 Å². The molecule has 2 aliphatic heterocycles. The molecule has 0 spiro atoms. The molecule has 2 bridgehead atoms. The number of carbonyl (C=O) groups is 1. The highest BCUT2D eigenvalue weighted by atomic mass is 32.2. The lowest BCUT2D eigenvalue weighted by Crippen LogP contribution is -2.61. The molecule has 2 aromatic heterocycles. The number of sulfonamides is 1. The molecule has 1 aromatic carbocycles. The van der Waals surface area contributed by atoms with Crippen molar-refractivity contribution in [1.29, 1.82) is 0 Å². The minimum Gasteiger partial charge on any atom is -0.456 e. The number of rotatable bonds is 7. The Morgan fingerprint density at radius 1 is 1.23 bits per heavy atom. The highest BCUT2D eigenvalue weighted by molar-refractivity contribution is 7.89. The van der Waals surface area contributed by atoms with Gasteiger partial charge in [-0.25, -0.2) is 37.3 Å². The Hall–Kier alpha value is -3.21. The number of halogens is 4. The number of fused-ring (bicyclic) bond motifs is 1. The minimum absolute atomic E-state index is 0.0212. The van der Waals surface area contributed by atoms with Crippen molar-refractivity contribution in [3.63, 3.8) is 0 Å². The molecule has 16 heteroatoms. The van der Waals surface area contributed by atoms with Gasteiger partial charge in [0.25, 0.3) is 0 Å². The van der Waals surface area contributed by atoms with Crippen LogP contribution in [0.1, 0.15) is 23.4 Å². The predicted octanol–water partition coefficient (Wildman–Crippen LogP) is 3.29. The van der Waals surface area contributed by atoms with Gasteiger partial charge in [-0.3, -0.25) is 0 Å². The first kappa shape index (κ1) is 27.4. The number of thiazole rings is 1. The number of ether oxygens (including phenoxy) is 2. The van der Waals surface area contributed by atoms with E-state index in [2.05, 4.69) is 24.4 Å². The zero-order valence-electron chi connectivity index (χ0n) is 20.4. The van der Waals surface area contributed by atoms with Crippen LogP contribution in [0.15, 0.2) is 29.4 Å². The molecule has 0 radical (unpaired) electrons. The fraction of sp³-hybridized carbons (Fsp3) is 0.391. The molecule has 1 saturated carbocycles. The van der Waals surface area contributed by atoms with Crippen LogP contribution < -0.4 is 10.5 Å². The molecule has 3 aromatic rings. The lowest BCUT2D eigenvalue weighted by Gasteiger charge is -2.43. The first-order chi connectivity index (χ1) is 18.1. The molecule has 3 fully saturated rings. The van der Waals surface area contributed by atoms with Crippen molar-refractivity contribution in [3.05, 3.63) is 40.9 Å². The lowest BCUT2D eigenvalue weighted by atomic mass is 9.69. The first-order valence-electron chi connectivity index (χ1n) is 11.4. The quantitative estimate of drug-likeness (QED) is 0.314. The number of benzene rings is 1. The summed E-state index contributed by atoms with van der Waals surface area (Å²) in [7, 11) is -4.32. The van der Waals surface area contributed by atoms with Gasteiger partial charge in [-0.1, -0.05) is 0 Å². The van der Waals surface area contributed by atoms with Crippen molar-refractivity contribution in [2.75, 3.05) is 18.9 Å². The van der Waals surface area contributed by atoms with E-state index in [1.165, 1.54) is 30.5 Å². The van der Waals surface area contributed by atoms with E-state index in [0.717, 1.165) is 11.1 Å². The second-order valence-corrected chi connectivity index (χ2v) is 12.5. The molecule has 2 saturated heterocycles. The molecule has 1 aliphatic carbocycles. The number of aryl methyl sites for hydroxylation is 1. The number of esters is 1. The van der Waals surface area contributed by atoms with Crippen molar-refractivity contribution in [2.24, 2.45) is 0 Å². The van der Waals surface area contributed by atoms with Gasteiger partial charge in [-0.2, -0.15) is 13.2 Å². The molecule has 10 nitrogen and oxygen atoms in total. The third-order valence-corrected chi connectivity index (χ3v) is 9.06. The maximum atomic E-state index is 15.0. The summed E-state index contributed by atoms with van der Waals surface area (Å²) in [5.41, 5.74) is 4.45. The largest absolute Gasteiger partial charge is 0.490 e. The molecule has 6 rings (SSSR count). The number of nitrogens with zero attached hydrogens (tertiary/aromatic N) is 3. The summed E-state index contributed by atoms with van der Waals surface area (Å²) in [6, 6.07) is 2.12. The Bertz CT molecular complexity index is 1590. The molecule has 0 atom stereocenters. The van der Waals surface area contributed by atoms with Gasteiger partial charge in [0.15, 0.2) is 5.82 Å². The molecular weight excluding hydrogens is 566 g/mol. The van der Waals surface area contributed by atoms with Gasteiger partial charge in [0.2, 0.25) is 10.0 Å². The van der Waals surface area contributed by atoms with E-state index in [1.807, 2.05) is 0 Å². The maximum Gasteiger partial charge on any atom is 0.490 e. The Kier molecular flexibility index (Phi) is 6.44. The van der Waals surface area contributed by atoms with Crippen LogP contribution in [0, 0.1) is 19.7 Å². The molecule has 3 N–H and O–H groups in total. The minimum atomic E-state index is -5.15. The molecule has 0 amide bonds. The van der Waals surface area contributed by atoms with Crippen LogP contribution in [-0.4, -0.2) is 59.9 Å². The van der Waals surface area contributed by atoms with Crippen LogP contribution in [0.3, 0.4) is 0 Å². The van der Waals surface area contributed by atoms with Gasteiger partial charge in [0.1, 0.15) is 23.7 Å². The van der Waals surface area contributed by atoms with Gasteiger partial charge < -0.3 is 15.2 Å². The van der Waals surface area contributed by atoms with Crippen LogP contribution in [0.4, 0.5) is 23.4 Å². The molecule has 3 aliphatic rings. The average molecular weight is 588 g/mol. The summed E-state index contributed by atoms with van der Waals surface area (Å²) in [6.07, 6.45) is -2.31. The smallest absolute Gasteiger partial charge is 0.456 e. The summed E-state index contributed by atoms with van der Waals surface area (Å²) in [4.78, 5) is 24.1. The Balaban J connectivity index is 1.39. The third kappa shape index (κ3) is 5.08. The van der Waals surface area contributed by atoms with Gasteiger partial charge in [0.05, 0.1) is 38.8 Å². The second-order valence-electron chi connectivity index (χ2n) is 9.60. The third-order valence-electron chi connectivity index (χ3n) is 6.58. The van der Waals surface area contributed by atoms with Crippen molar-refractivity contribution in [1.82, 2.24) is 19.7 Å². The van der Waals surface area contributed by atoms with Crippen molar-refractivity contribution >= 4 is 33.1 Å². The topological polar surface area (TPSA) is 146 Å². The number of carbonyl (C=O) groups excluding carboxylic acids is 1. The van der Waals surface area contributed by atoms with Crippen LogP contribution in [0.2, 0.25) is 0 Å². The fourth-order valence-corrected chi connectivity index (χ4v) is 7.00. The number of hydrogen-bond donors (Lipinski definition) is 2. The SMILES string of the molecule is Cc1ncc(-c2nc(-c3cc(S(=O)(=O)NC45COC(COC(=O)C(F)(F)F)(C4)C5)cc(F)c3C)cnc2N)s1. The van der Waals surface area contributed by atoms with Crippen LogP contribution in [0.25, 0.3) is 21.8 Å². The van der Waals surface area contributed by atoms with Gasteiger partial charge in [0, 0.05) is 24.6 Å². The van der Waals surface area contributed by atoms with Crippen molar-refractivity contribution < 1.29 is 40.2 Å². The summed E-state index contributed by atoms with van der Waals surface area (Å²) in [5.74, 6) is -3.03. The van der Waals surface area contributed by atoms with Gasteiger partial charge >= 0.3 is 12.1 Å². The first-order valence-corrected chi connectivity index (χ1v) is 13.7. The van der Waals surface area contributed by atoms with E-state index in [4.69, 9.17) is 10.5 Å². The van der Waals surface area contributed by atoms with E-state index >= 15 is 0 Å². The Morgan fingerprint density at radius 3 is 2.59 bits per heavy atom. The fourth-order valence-electron chi connectivity index (χ4n) is 4.80. The molecule has 39 heavy (non-hydrogen) atoms. The zero-order chi connectivity index (χ0) is 28.4. The summed E-state index contributed by atoms with van der Waals surface area (Å²) >= 11 is 1.33. The number of nitrogens with one attached hydrogen (secondary N) is 1. The van der Waals surface area contributed by atoms with E-state index in [-0.39, 0.29) is 42.1 Å². The van der Waals surface area contributed by atoms with E-state index in [0.29, 0.717) is 10.6 Å². The van der Waals surface area contributed by atoms with Crippen molar-refractivity contribution in [3.8, 4) is 21.8 Å². The molecule has 0 unspecified atom stereocenters. The Morgan fingerprint density at radius 2 is 1.95 bits per heavy atom. The molecular formula is C23H21F4N5O5S2. The molecule has 4 heterocycles. The van der Waals surface area contributed by atoms with E-state index in [9.17, 15) is 30.8 Å². The lowest BCUT2D eigenvalue weighted by molar-refractivity contribution is -0.206. The summed E-state index contributed by atoms with van der Waals surface area (Å²) < 4.78 is 91.1. The van der Waals surface area contributed by atoms with Crippen LogP contribution in [-0.2, 0) is 24.3 Å². The number of aromatic nitrogens is 3. The highest BCUT2D eigenvalue weighted by Gasteiger charge is 2.65. The summed E-state index contributed by atoms with van der Waals surface area (Å²) in [6.45, 7) is 2.45. The van der Waals surface area contributed by atoms with Gasteiger partial charge in [-0.15, -0.1) is 11.3 Å². The zero-order valence-corrected chi connectivity index (χ0v) is 22.1. The average Bonchev–Trinajstić information content (AvgIpc) is 3.51. The number of nitrogens with two attached hydrogens (primary N) is 1. The number of anilines is 1. The second kappa shape index (κ2) is 9.18. The monoisotopic (exact) mass is 587 g/mol. The normalized spacial score (nSPS) is 22.5. The number of nitrogen functional groups attached to an aromatic ring is 1. The van der Waals surface area contributed by atoms with Crippen LogP contribution >= 0.6 is 11.3 Å². The van der Waals surface area contributed by atoms with E-state index < -0.39 is 50.6 Å². The highest BCUT2D eigenvalue weighted by Crippen LogP contribution is 2.52. The number of hydrogen-bond acceptors (Lipinski definition) is 10. The van der Waals surface area contributed by atoms with Gasteiger partial charge in [-0.05, 0) is 31.5 Å². The Labute approximate surface area is 223 Å². The predicted molar refractivity (Wildman–Crippen MR) is 130 cm³/mol. The maximum absolute atomic E-state index is 15.0.